The molecule has 1 aliphatic rings. The van der Waals surface area contributed by atoms with Gasteiger partial charge in [0, 0.05) is 33.1 Å². The fourth-order valence-electron chi connectivity index (χ4n) is 3.79. The molecule has 0 spiro atoms. The van der Waals surface area contributed by atoms with Crippen LogP contribution < -0.4 is 0 Å². The first-order valence-electron chi connectivity index (χ1n) is 9.67. The van der Waals surface area contributed by atoms with Gasteiger partial charge < -0.3 is 14.5 Å². The Hall–Kier alpha value is -2.87. The molecule has 8 heteroatoms. The van der Waals surface area contributed by atoms with Crippen molar-refractivity contribution in [1.82, 2.24) is 9.80 Å². The van der Waals surface area contributed by atoms with Gasteiger partial charge in [-0.3, -0.25) is 0 Å². The van der Waals surface area contributed by atoms with E-state index < -0.39 is 21.1 Å². The van der Waals surface area contributed by atoms with Gasteiger partial charge in [-0.1, -0.05) is 36.4 Å². The number of methoxy groups -OCH3 is 1. The van der Waals surface area contributed by atoms with Crippen molar-refractivity contribution in [3.63, 3.8) is 0 Å². The summed E-state index contributed by atoms with van der Waals surface area (Å²) in [6.07, 6.45) is 0.395. The number of sulfone groups is 1. The molecule has 0 saturated carbocycles. The molecule has 1 aliphatic heterocycles. The van der Waals surface area contributed by atoms with Crippen LogP contribution in [0.15, 0.2) is 59.5 Å². The van der Waals surface area contributed by atoms with E-state index in [2.05, 4.69) is 0 Å². The Morgan fingerprint density at radius 3 is 2.37 bits per heavy atom. The fourth-order valence-corrected chi connectivity index (χ4v) is 5.60. The van der Waals surface area contributed by atoms with E-state index in [0.29, 0.717) is 13.0 Å². The highest BCUT2D eigenvalue weighted by atomic mass is 32.2. The number of carbonyl (C=O) groups excluding carboxylic acids is 2. The molecule has 0 bridgehead atoms. The number of hydrogen-bond donors (Lipinski definition) is 0. The predicted octanol–water partition coefficient (Wildman–Crippen LogP) is 2.79. The zero-order chi connectivity index (χ0) is 21.9. The molecule has 0 radical (unpaired) electrons. The molecule has 0 aliphatic carbocycles. The molecule has 7 nitrogen and oxygen atoms in total. The van der Waals surface area contributed by atoms with Crippen LogP contribution in [0.25, 0.3) is 0 Å². The van der Waals surface area contributed by atoms with Gasteiger partial charge in [-0.2, -0.15) is 0 Å². The Morgan fingerprint density at radius 2 is 1.73 bits per heavy atom. The highest BCUT2D eigenvalue weighted by Crippen LogP contribution is 2.33. The zero-order valence-electron chi connectivity index (χ0n) is 17.3. The summed E-state index contributed by atoms with van der Waals surface area (Å²) in [7, 11) is 0.772. The summed E-state index contributed by atoms with van der Waals surface area (Å²) in [6.45, 7) is 0.556. The average molecular weight is 431 g/mol. The van der Waals surface area contributed by atoms with Crippen LogP contribution in [-0.2, 0) is 14.6 Å². The first kappa shape index (κ1) is 21.8. The van der Waals surface area contributed by atoms with E-state index in [1.807, 2.05) is 30.3 Å². The molecule has 1 fully saturated rings. The van der Waals surface area contributed by atoms with Crippen LogP contribution in [0, 0.1) is 0 Å². The summed E-state index contributed by atoms with van der Waals surface area (Å²) in [5.41, 5.74) is 1.17. The maximum absolute atomic E-state index is 13.5. The van der Waals surface area contributed by atoms with Crippen molar-refractivity contribution >= 4 is 21.8 Å². The molecule has 0 unspecified atom stereocenters. The van der Waals surface area contributed by atoms with Gasteiger partial charge in [-0.25, -0.2) is 18.0 Å². The van der Waals surface area contributed by atoms with Gasteiger partial charge in [0.2, 0.25) is 0 Å². The van der Waals surface area contributed by atoms with Crippen LogP contribution in [0.4, 0.5) is 4.79 Å². The van der Waals surface area contributed by atoms with Gasteiger partial charge in [0.05, 0.1) is 22.8 Å². The maximum Gasteiger partial charge on any atom is 0.337 e. The van der Waals surface area contributed by atoms with Gasteiger partial charge in [0.1, 0.15) is 0 Å². The largest absolute Gasteiger partial charge is 0.465 e. The Bertz CT molecular complexity index is 1020. The van der Waals surface area contributed by atoms with Crippen molar-refractivity contribution < 1.29 is 22.7 Å². The zero-order valence-corrected chi connectivity index (χ0v) is 18.1. The number of urea groups is 1. The van der Waals surface area contributed by atoms with E-state index >= 15 is 0 Å². The van der Waals surface area contributed by atoms with Crippen LogP contribution >= 0.6 is 0 Å². The lowest BCUT2D eigenvalue weighted by Crippen LogP contribution is -2.51. The van der Waals surface area contributed by atoms with Crippen molar-refractivity contribution in [2.75, 3.05) is 34.3 Å². The second-order valence-corrected chi connectivity index (χ2v) is 9.84. The van der Waals surface area contributed by atoms with Gasteiger partial charge in [-0.05, 0) is 30.2 Å². The second-order valence-electron chi connectivity index (χ2n) is 7.61. The monoisotopic (exact) mass is 430 g/mol. The topological polar surface area (TPSA) is 84.0 Å². The van der Waals surface area contributed by atoms with E-state index in [0.717, 1.165) is 5.56 Å². The molecule has 3 rings (SSSR count). The van der Waals surface area contributed by atoms with Crippen LogP contribution in [0.2, 0.25) is 0 Å². The summed E-state index contributed by atoms with van der Waals surface area (Å²) < 4.78 is 31.6. The van der Waals surface area contributed by atoms with Crippen molar-refractivity contribution in [3.05, 3.63) is 65.7 Å². The number of benzene rings is 2. The Kier molecular flexibility index (Phi) is 6.45. The minimum atomic E-state index is -3.78. The standard InChI is InChI=1S/C22H26N2O5S/c1-23(2)22(26)24-14-18(16-8-5-4-6-9-16)13-20(15-24)30(27,28)19-11-7-10-17(12-19)21(25)29-3/h4-12,18,20H,13-15H2,1-3H3/t18-,20+/m0/s1. The van der Waals surface area contributed by atoms with E-state index in [9.17, 15) is 18.0 Å². The molecule has 0 N–H and O–H groups in total. The molecule has 2 aromatic rings. The van der Waals surface area contributed by atoms with Crippen LogP contribution in [0.5, 0.6) is 0 Å². The molecular formula is C22H26N2O5S. The minimum Gasteiger partial charge on any atom is -0.465 e. The number of rotatable bonds is 4. The quantitative estimate of drug-likeness (QED) is 0.697. The number of carbonyl (C=O) groups is 2. The molecular weight excluding hydrogens is 404 g/mol. The van der Waals surface area contributed by atoms with Crippen LogP contribution in [0.1, 0.15) is 28.3 Å². The number of esters is 1. The first-order chi connectivity index (χ1) is 14.2. The normalized spacial score (nSPS) is 19.2. The van der Waals surface area contributed by atoms with Crippen molar-refractivity contribution in [3.8, 4) is 0 Å². The Labute approximate surface area is 177 Å². The van der Waals surface area contributed by atoms with Crippen LogP contribution in [0.3, 0.4) is 0 Å². The summed E-state index contributed by atoms with van der Waals surface area (Å²) in [4.78, 5) is 27.6. The molecule has 1 saturated heterocycles. The van der Waals surface area contributed by atoms with Crippen molar-refractivity contribution in [2.24, 2.45) is 0 Å². The van der Waals surface area contributed by atoms with Gasteiger partial charge in [0.15, 0.2) is 9.84 Å². The van der Waals surface area contributed by atoms with E-state index in [4.69, 9.17) is 4.74 Å². The van der Waals surface area contributed by atoms with Gasteiger partial charge in [0.25, 0.3) is 0 Å². The third kappa shape index (κ3) is 4.48. The molecule has 160 valence electrons. The van der Waals surface area contributed by atoms with E-state index in [1.165, 1.54) is 36.3 Å². The third-order valence-electron chi connectivity index (χ3n) is 5.36. The average Bonchev–Trinajstić information content (AvgIpc) is 2.78. The molecule has 2 atom stereocenters. The molecule has 30 heavy (non-hydrogen) atoms. The lowest BCUT2D eigenvalue weighted by Gasteiger charge is -2.38. The summed E-state index contributed by atoms with van der Waals surface area (Å²) >= 11 is 0. The lowest BCUT2D eigenvalue weighted by molar-refractivity contribution is 0.0600. The number of hydrogen-bond acceptors (Lipinski definition) is 5. The summed E-state index contributed by atoms with van der Waals surface area (Å²) in [6, 6.07) is 15.3. The first-order valence-corrected chi connectivity index (χ1v) is 11.2. The third-order valence-corrected chi connectivity index (χ3v) is 7.49. The number of nitrogens with zero attached hydrogens (tertiary/aromatic N) is 2. The van der Waals surface area contributed by atoms with E-state index in [-0.39, 0.29) is 29.0 Å². The summed E-state index contributed by atoms with van der Waals surface area (Å²) in [5.74, 6) is -0.699. The Balaban J connectivity index is 1.97. The maximum atomic E-state index is 13.5. The number of likely N-dealkylation sites (tertiary alicyclic amines) is 1. The highest BCUT2D eigenvalue weighted by Gasteiger charge is 2.39. The summed E-state index contributed by atoms with van der Waals surface area (Å²) in [5, 5.41) is -0.784. The molecule has 2 amide bonds. The number of amides is 2. The SMILES string of the molecule is COC(=O)c1cccc(S(=O)(=O)[C@@H]2C[C@H](c3ccccc3)CN(C(=O)N(C)C)C2)c1. The highest BCUT2D eigenvalue weighted by molar-refractivity contribution is 7.92. The van der Waals surface area contributed by atoms with E-state index in [1.54, 1.807) is 19.0 Å². The van der Waals surface area contributed by atoms with Crippen LogP contribution in [-0.4, -0.2) is 69.8 Å². The fraction of sp³-hybridized carbons (Fsp3) is 0.364. The van der Waals surface area contributed by atoms with Gasteiger partial charge in [-0.15, -0.1) is 0 Å². The Morgan fingerprint density at radius 1 is 1.03 bits per heavy atom. The molecule has 1 heterocycles. The molecule has 0 aromatic heterocycles. The van der Waals surface area contributed by atoms with Crippen molar-refractivity contribution in [2.45, 2.75) is 22.5 Å². The van der Waals surface area contributed by atoms with Crippen molar-refractivity contribution in [1.29, 1.82) is 0 Å². The molecule has 2 aromatic carbocycles. The minimum absolute atomic E-state index is 0.0568. The lowest BCUT2D eigenvalue weighted by atomic mass is 9.90. The predicted molar refractivity (Wildman–Crippen MR) is 113 cm³/mol. The number of piperidine rings is 1. The smallest absolute Gasteiger partial charge is 0.337 e. The van der Waals surface area contributed by atoms with Gasteiger partial charge >= 0.3 is 12.0 Å². The number of ether oxygens (including phenoxy) is 1. The second kappa shape index (κ2) is 8.87.